The molecule has 86 valence electrons. The first kappa shape index (κ1) is 11.4. The van der Waals surface area contributed by atoms with E-state index in [1.807, 2.05) is 26.0 Å². The molecule has 0 aliphatic rings. The van der Waals surface area contributed by atoms with E-state index >= 15 is 0 Å². The lowest BCUT2D eigenvalue weighted by molar-refractivity contribution is 0.323. The number of hydrogen-bond donors (Lipinski definition) is 1. The quantitative estimate of drug-likeness (QED) is 0.892. The molecule has 0 aliphatic carbocycles. The second-order valence-corrected chi connectivity index (χ2v) is 4.72. The summed E-state index contributed by atoms with van der Waals surface area (Å²) in [5.74, 6) is 0.687. The summed E-state index contributed by atoms with van der Waals surface area (Å²) >= 11 is 5.90. The first-order valence-electron chi connectivity index (χ1n) is 5.34. The van der Waals surface area contributed by atoms with Crippen molar-refractivity contribution in [1.29, 1.82) is 0 Å². The average molecular weight is 239 g/mol. The van der Waals surface area contributed by atoms with E-state index in [1.54, 1.807) is 6.07 Å². The molecule has 1 aromatic carbocycles. The lowest BCUT2D eigenvalue weighted by Gasteiger charge is -2.21. The molecule has 0 radical (unpaired) electrons. The van der Waals surface area contributed by atoms with Crippen LogP contribution in [0.4, 0.5) is 0 Å². The lowest BCUT2D eigenvalue weighted by Crippen LogP contribution is -2.36. The number of oxazole rings is 1. The molecule has 0 amide bonds. The Labute approximate surface area is 99.8 Å². The summed E-state index contributed by atoms with van der Waals surface area (Å²) in [6.45, 7) is 7.01. The van der Waals surface area contributed by atoms with Crippen molar-refractivity contribution >= 4 is 22.7 Å². The normalized spacial score (nSPS) is 12.2. The van der Waals surface area contributed by atoms with Crippen LogP contribution in [-0.4, -0.2) is 11.5 Å². The molecule has 0 atom stereocenters. The van der Waals surface area contributed by atoms with Gasteiger partial charge < -0.3 is 9.73 Å². The molecule has 0 saturated carbocycles. The number of halogens is 1. The van der Waals surface area contributed by atoms with Crippen LogP contribution in [-0.2, 0) is 5.54 Å². The highest BCUT2D eigenvalue weighted by molar-refractivity contribution is 6.31. The van der Waals surface area contributed by atoms with Crippen molar-refractivity contribution in [3.63, 3.8) is 0 Å². The summed E-state index contributed by atoms with van der Waals surface area (Å²) < 4.78 is 5.71. The highest BCUT2D eigenvalue weighted by Gasteiger charge is 2.25. The van der Waals surface area contributed by atoms with Crippen LogP contribution >= 0.6 is 11.6 Å². The minimum atomic E-state index is -0.264. The van der Waals surface area contributed by atoms with E-state index in [-0.39, 0.29) is 5.54 Å². The van der Waals surface area contributed by atoms with Crippen molar-refractivity contribution in [2.24, 2.45) is 0 Å². The molecule has 0 aliphatic heterocycles. The van der Waals surface area contributed by atoms with Gasteiger partial charge in [0.2, 0.25) is 5.89 Å². The van der Waals surface area contributed by atoms with Crippen molar-refractivity contribution in [3.05, 3.63) is 29.1 Å². The van der Waals surface area contributed by atoms with Gasteiger partial charge in [-0.1, -0.05) is 18.5 Å². The van der Waals surface area contributed by atoms with Crippen molar-refractivity contribution in [1.82, 2.24) is 10.3 Å². The monoisotopic (exact) mass is 238 g/mol. The van der Waals surface area contributed by atoms with Crippen LogP contribution in [0.2, 0.25) is 5.02 Å². The molecule has 0 unspecified atom stereocenters. The summed E-state index contributed by atoms with van der Waals surface area (Å²) in [5.41, 5.74) is 1.30. The SMILES string of the molecule is CCNC(C)(C)c1nc2ccc(Cl)cc2o1. The lowest BCUT2D eigenvalue weighted by atomic mass is 10.1. The third-order valence-electron chi connectivity index (χ3n) is 2.50. The van der Waals surface area contributed by atoms with Gasteiger partial charge in [0.1, 0.15) is 5.52 Å². The Morgan fingerprint density at radius 2 is 2.19 bits per heavy atom. The Hall–Kier alpha value is -1.06. The minimum absolute atomic E-state index is 0.264. The Bertz CT molecular complexity index is 505. The van der Waals surface area contributed by atoms with Crippen molar-refractivity contribution < 1.29 is 4.42 Å². The second kappa shape index (κ2) is 4.07. The molecule has 1 heterocycles. The third-order valence-corrected chi connectivity index (χ3v) is 2.74. The molecule has 16 heavy (non-hydrogen) atoms. The van der Waals surface area contributed by atoms with Crippen LogP contribution in [0.3, 0.4) is 0 Å². The fourth-order valence-electron chi connectivity index (χ4n) is 1.68. The van der Waals surface area contributed by atoms with Gasteiger partial charge in [-0.3, -0.25) is 0 Å². The van der Waals surface area contributed by atoms with Gasteiger partial charge in [0.25, 0.3) is 0 Å². The number of fused-ring (bicyclic) bond motifs is 1. The van der Waals surface area contributed by atoms with Gasteiger partial charge >= 0.3 is 0 Å². The maximum Gasteiger partial charge on any atom is 0.215 e. The number of aromatic nitrogens is 1. The van der Waals surface area contributed by atoms with Crippen molar-refractivity contribution in [2.45, 2.75) is 26.3 Å². The van der Waals surface area contributed by atoms with Gasteiger partial charge in [0.05, 0.1) is 5.54 Å². The van der Waals surface area contributed by atoms with Gasteiger partial charge in [0.15, 0.2) is 5.58 Å². The van der Waals surface area contributed by atoms with Crippen LogP contribution < -0.4 is 5.32 Å². The zero-order chi connectivity index (χ0) is 11.8. The fraction of sp³-hybridized carbons (Fsp3) is 0.417. The number of nitrogens with one attached hydrogen (secondary N) is 1. The number of hydrogen-bond acceptors (Lipinski definition) is 3. The molecular weight excluding hydrogens is 224 g/mol. The van der Waals surface area contributed by atoms with Crippen molar-refractivity contribution in [3.8, 4) is 0 Å². The standard InChI is InChI=1S/C12H15ClN2O/c1-4-14-12(2,3)11-15-9-6-5-8(13)7-10(9)16-11/h5-7,14H,4H2,1-3H3. The molecule has 2 aromatic rings. The Balaban J connectivity index is 2.46. The zero-order valence-corrected chi connectivity index (χ0v) is 10.4. The largest absolute Gasteiger partial charge is 0.439 e. The number of nitrogens with zero attached hydrogens (tertiary/aromatic N) is 1. The highest BCUT2D eigenvalue weighted by Crippen LogP contribution is 2.26. The average Bonchev–Trinajstić information content (AvgIpc) is 2.61. The first-order valence-corrected chi connectivity index (χ1v) is 5.72. The Kier molecular flexibility index (Phi) is 2.91. The van der Waals surface area contributed by atoms with Crippen LogP contribution in [0.1, 0.15) is 26.7 Å². The van der Waals surface area contributed by atoms with Gasteiger partial charge in [-0.2, -0.15) is 0 Å². The second-order valence-electron chi connectivity index (χ2n) is 4.29. The molecular formula is C12H15ClN2O. The molecule has 0 saturated heterocycles. The van der Waals surface area contributed by atoms with E-state index in [0.717, 1.165) is 17.6 Å². The molecule has 3 nitrogen and oxygen atoms in total. The zero-order valence-electron chi connectivity index (χ0n) is 9.67. The molecule has 0 bridgehead atoms. The van der Waals surface area contributed by atoms with Crippen LogP contribution in [0.15, 0.2) is 22.6 Å². The van der Waals surface area contributed by atoms with Gasteiger partial charge in [-0.25, -0.2) is 4.98 Å². The maximum absolute atomic E-state index is 5.90. The summed E-state index contributed by atoms with van der Waals surface area (Å²) in [7, 11) is 0. The number of rotatable bonds is 3. The van der Waals surface area contributed by atoms with Gasteiger partial charge in [-0.05, 0) is 32.5 Å². The topological polar surface area (TPSA) is 38.1 Å². The fourth-order valence-corrected chi connectivity index (χ4v) is 1.85. The predicted octanol–water partition coefficient (Wildman–Crippen LogP) is 3.33. The molecule has 0 fully saturated rings. The van der Waals surface area contributed by atoms with E-state index in [1.165, 1.54) is 0 Å². The minimum Gasteiger partial charge on any atom is -0.439 e. The van der Waals surface area contributed by atoms with Crippen LogP contribution in [0.5, 0.6) is 0 Å². The molecule has 4 heteroatoms. The molecule has 0 spiro atoms. The maximum atomic E-state index is 5.90. The summed E-state index contributed by atoms with van der Waals surface area (Å²) in [6.07, 6.45) is 0. The van der Waals surface area contributed by atoms with E-state index in [9.17, 15) is 0 Å². The summed E-state index contributed by atoms with van der Waals surface area (Å²) in [6, 6.07) is 5.47. The Morgan fingerprint density at radius 3 is 2.88 bits per heavy atom. The van der Waals surface area contributed by atoms with Crippen LogP contribution in [0.25, 0.3) is 11.1 Å². The van der Waals surface area contributed by atoms with E-state index in [0.29, 0.717) is 10.9 Å². The van der Waals surface area contributed by atoms with E-state index in [4.69, 9.17) is 16.0 Å². The van der Waals surface area contributed by atoms with Gasteiger partial charge in [0, 0.05) is 11.1 Å². The highest BCUT2D eigenvalue weighted by atomic mass is 35.5. The predicted molar refractivity (Wildman–Crippen MR) is 65.7 cm³/mol. The molecule has 1 aromatic heterocycles. The number of benzene rings is 1. The van der Waals surface area contributed by atoms with Crippen molar-refractivity contribution in [2.75, 3.05) is 6.54 Å². The summed E-state index contributed by atoms with van der Waals surface area (Å²) in [4.78, 5) is 4.46. The Morgan fingerprint density at radius 1 is 1.44 bits per heavy atom. The van der Waals surface area contributed by atoms with Crippen LogP contribution in [0, 0.1) is 0 Å². The van der Waals surface area contributed by atoms with E-state index < -0.39 is 0 Å². The summed E-state index contributed by atoms with van der Waals surface area (Å²) in [5, 5.41) is 3.99. The smallest absolute Gasteiger partial charge is 0.215 e. The third kappa shape index (κ3) is 2.06. The molecule has 1 N–H and O–H groups in total. The first-order chi connectivity index (χ1) is 7.53. The van der Waals surface area contributed by atoms with E-state index in [2.05, 4.69) is 17.2 Å². The molecule has 2 rings (SSSR count). The van der Waals surface area contributed by atoms with Gasteiger partial charge in [-0.15, -0.1) is 0 Å².